The molecule has 7 heteroatoms. The van der Waals surface area contributed by atoms with Crippen LogP contribution >= 0.6 is 0 Å². The zero-order valence-electron chi connectivity index (χ0n) is 15.4. The summed E-state index contributed by atoms with van der Waals surface area (Å²) < 4.78 is 11.1. The molecule has 3 heterocycles. The normalized spacial score (nSPS) is 14.6. The molecule has 1 amide bonds. The van der Waals surface area contributed by atoms with E-state index in [-0.39, 0.29) is 5.91 Å². The first-order chi connectivity index (χ1) is 13.8. The third kappa shape index (κ3) is 4.55. The third-order valence-electron chi connectivity index (χ3n) is 4.75. The summed E-state index contributed by atoms with van der Waals surface area (Å²) in [4.78, 5) is 16.5. The van der Waals surface area contributed by atoms with Gasteiger partial charge in [0.25, 0.3) is 5.91 Å². The van der Waals surface area contributed by atoms with Crippen LogP contribution in [0.25, 0.3) is 0 Å². The highest BCUT2D eigenvalue weighted by Crippen LogP contribution is 2.26. The van der Waals surface area contributed by atoms with E-state index in [2.05, 4.69) is 20.5 Å². The molecule has 3 aromatic rings. The number of carbonyl (C=O) groups is 1. The van der Waals surface area contributed by atoms with Crippen molar-refractivity contribution in [2.24, 2.45) is 0 Å². The number of pyridine rings is 1. The van der Waals surface area contributed by atoms with Crippen LogP contribution in [0.5, 0.6) is 5.75 Å². The molecule has 28 heavy (non-hydrogen) atoms. The lowest BCUT2D eigenvalue weighted by Crippen LogP contribution is -2.14. The molecule has 144 valence electrons. The summed E-state index contributed by atoms with van der Waals surface area (Å²) in [6.07, 6.45) is 5.43. The Bertz CT molecular complexity index is 903. The minimum atomic E-state index is -0.205. The number of hydrogen-bond donors (Lipinski definition) is 2. The molecule has 1 aromatic carbocycles. The van der Waals surface area contributed by atoms with Gasteiger partial charge in [-0.2, -0.15) is 5.10 Å². The van der Waals surface area contributed by atoms with Gasteiger partial charge in [0.15, 0.2) is 5.82 Å². The van der Waals surface area contributed by atoms with Crippen LogP contribution in [0.3, 0.4) is 0 Å². The van der Waals surface area contributed by atoms with E-state index in [1.54, 1.807) is 36.7 Å². The number of rotatable bonds is 6. The number of H-pyrrole nitrogens is 1. The first-order valence-electron chi connectivity index (χ1n) is 9.34. The van der Waals surface area contributed by atoms with E-state index in [1.807, 2.05) is 18.2 Å². The fourth-order valence-electron chi connectivity index (χ4n) is 3.16. The van der Waals surface area contributed by atoms with Crippen LogP contribution < -0.4 is 10.1 Å². The predicted molar refractivity (Wildman–Crippen MR) is 104 cm³/mol. The smallest absolute Gasteiger partial charge is 0.256 e. The molecular weight excluding hydrogens is 356 g/mol. The van der Waals surface area contributed by atoms with Gasteiger partial charge in [-0.3, -0.25) is 14.9 Å². The largest absolute Gasteiger partial charge is 0.489 e. The van der Waals surface area contributed by atoms with E-state index in [9.17, 15) is 4.79 Å². The van der Waals surface area contributed by atoms with Crippen molar-refractivity contribution in [1.82, 2.24) is 15.2 Å². The number of anilines is 1. The number of aromatic amines is 1. The van der Waals surface area contributed by atoms with Gasteiger partial charge in [0.2, 0.25) is 0 Å². The summed E-state index contributed by atoms with van der Waals surface area (Å²) in [6.45, 7) is 1.96. The predicted octanol–water partition coefficient (Wildman–Crippen LogP) is 3.53. The Morgan fingerprint density at radius 1 is 1.21 bits per heavy atom. The standard InChI is InChI=1S/C21H22N4O3/c26-21(23-20-12-19(24-25-20)16-7-10-27-11-8-16)17-3-5-18(6-4-17)28-14-15-2-1-9-22-13-15/h1-6,9,12-13,16H,7-8,10-11,14H2,(H2,23,24,25,26). The number of aromatic nitrogens is 3. The van der Waals surface area contributed by atoms with Gasteiger partial charge in [-0.25, -0.2) is 0 Å². The highest BCUT2D eigenvalue weighted by atomic mass is 16.5. The van der Waals surface area contributed by atoms with Crippen molar-refractivity contribution >= 4 is 11.7 Å². The Morgan fingerprint density at radius 2 is 2.04 bits per heavy atom. The first-order valence-corrected chi connectivity index (χ1v) is 9.34. The van der Waals surface area contributed by atoms with Gasteiger partial charge in [-0.05, 0) is 43.2 Å². The maximum atomic E-state index is 12.5. The van der Waals surface area contributed by atoms with E-state index in [1.165, 1.54) is 0 Å². The molecule has 1 aliphatic rings. The van der Waals surface area contributed by atoms with E-state index in [0.29, 0.717) is 29.7 Å². The van der Waals surface area contributed by atoms with Gasteiger partial charge < -0.3 is 14.8 Å². The monoisotopic (exact) mass is 378 g/mol. The lowest BCUT2D eigenvalue weighted by Gasteiger charge is -2.20. The number of hydrogen-bond acceptors (Lipinski definition) is 5. The second kappa shape index (κ2) is 8.67. The van der Waals surface area contributed by atoms with E-state index in [0.717, 1.165) is 37.3 Å². The minimum Gasteiger partial charge on any atom is -0.489 e. The molecule has 0 aliphatic carbocycles. The van der Waals surface area contributed by atoms with Crippen molar-refractivity contribution in [2.45, 2.75) is 25.4 Å². The SMILES string of the molecule is O=C(Nc1cc(C2CCOCC2)[nH]n1)c1ccc(OCc2cccnc2)cc1. The molecule has 1 fully saturated rings. The van der Waals surface area contributed by atoms with Crippen molar-refractivity contribution in [2.75, 3.05) is 18.5 Å². The molecule has 0 saturated carbocycles. The van der Waals surface area contributed by atoms with Crippen LogP contribution in [0, 0.1) is 0 Å². The van der Waals surface area contributed by atoms with Crippen molar-refractivity contribution in [3.05, 3.63) is 71.7 Å². The molecule has 0 bridgehead atoms. The fraction of sp³-hybridized carbons (Fsp3) is 0.286. The van der Waals surface area contributed by atoms with E-state index >= 15 is 0 Å². The molecule has 0 radical (unpaired) electrons. The summed E-state index contributed by atoms with van der Waals surface area (Å²) in [5.74, 6) is 1.43. The van der Waals surface area contributed by atoms with Crippen molar-refractivity contribution < 1.29 is 14.3 Å². The van der Waals surface area contributed by atoms with Crippen molar-refractivity contribution in [3.8, 4) is 5.75 Å². The molecule has 4 rings (SSSR count). The number of nitrogens with one attached hydrogen (secondary N) is 2. The molecule has 7 nitrogen and oxygen atoms in total. The van der Waals surface area contributed by atoms with Crippen LogP contribution in [-0.2, 0) is 11.3 Å². The molecule has 0 spiro atoms. The van der Waals surface area contributed by atoms with Crippen LogP contribution in [-0.4, -0.2) is 34.3 Å². The van der Waals surface area contributed by atoms with Gasteiger partial charge >= 0.3 is 0 Å². The van der Waals surface area contributed by atoms with Crippen molar-refractivity contribution in [3.63, 3.8) is 0 Å². The quantitative estimate of drug-likeness (QED) is 0.685. The molecule has 0 atom stereocenters. The number of nitrogens with zero attached hydrogens (tertiary/aromatic N) is 2. The van der Waals surface area contributed by atoms with Gasteiger partial charge in [-0.15, -0.1) is 0 Å². The summed E-state index contributed by atoms with van der Waals surface area (Å²) >= 11 is 0. The van der Waals surface area contributed by atoms with Crippen LogP contribution in [0.4, 0.5) is 5.82 Å². The van der Waals surface area contributed by atoms with Crippen LogP contribution in [0.1, 0.15) is 40.4 Å². The van der Waals surface area contributed by atoms with Crippen LogP contribution in [0.15, 0.2) is 54.9 Å². The number of carbonyl (C=O) groups excluding carboxylic acids is 1. The first kappa shape index (κ1) is 18.2. The van der Waals surface area contributed by atoms with Crippen LogP contribution in [0.2, 0.25) is 0 Å². The lowest BCUT2D eigenvalue weighted by molar-refractivity contribution is 0.0845. The highest BCUT2D eigenvalue weighted by molar-refractivity contribution is 6.03. The Labute approximate surface area is 163 Å². The second-order valence-corrected chi connectivity index (χ2v) is 6.72. The summed E-state index contributed by atoms with van der Waals surface area (Å²) in [5, 5.41) is 10.1. The summed E-state index contributed by atoms with van der Waals surface area (Å²) in [5.41, 5.74) is 2.57. The Hall–Kier alpha value is -3.19. The molecule has 1 saturated heterocycles. The summed E-state index contributed by atoms with van der Waals surface area (Å²) in [7, 11) is 0. The van der Waals surface area contributed by atoms with E-state index in [4.69, 9.17) is 9.47 Å². The molecule has 2 N–H and O–H groups in total. The molecule has 0 unspecified atom stereocenters. The third-order valence-corrected chi connectivity index (χ3v) is 4.75. The lowest BCUT2D eigenvalue weighted by atomic mass is 9.97. The average Bonchev–Trinajstić information content (AvgIpc) is 3.22. The fourth-order valence-corrected chi connectivity index (χ4v) is 3.16. The van der Waals surface area contributed by atoms with Crippen molar-refractivity contribution in [1.29, 1.82) is 0 Å². The minimum absolute atomic E-state index is 0.205. The Kier molecular flexibility index (Phi) is 5.63. The van der Waals surface area contributed by atoms with Gasteiger partial charge in [0.1, 0.15) is 12.4 Å². The number of ether oxygens (including phenoxy) is 2. The molecule has 2 aromatic heterocycles. The molecular formula is C21H22N4O3. The maximum absolute atomic E-state index is 12.5. The van der Waals surface area contributed by atoms with E-state index < -0.39 is 0 Å². The second-order valence-electron chi connectivity index (χ2n) is 6.72. The number of benzene rings is 1. The topological polar surface area (TPSA) is 89.1 Å². The Balaban J connectivity index is 1.32. The van der Waals surface area contributed by atoms with Gasteiger partial charge in [-0.1, -0.05) is 6.07 Å². The zero-order valence-corrected chi connectivity index (χ0v) is 15.4. The average molecular weight is 378 g/mol. The maximum Gasteiger partial charge on any atom is 0.256 e. The molecule has 1 aliphatic heterocycles. The van der Waals surface area contributed by atoms with Gasteiger partial charge in [0.05, 0.1) is 0 Å². The summed E-state index contributed by atoms with van der Waals surface area (Å²) in [6, 6.07) is 12.8. The number of amides is 1. The van der Waals surface area contributed by atoms with Gasteiger partial charge in [0, 0.05) is 54.4 Å². The zero-order chi connectivity index (χ0) is 19.2. The highest BCUT2D eigenvalue weighted by Gasteiger charge is 2.18. The Morgan fingerprint density at radius 3 is 2.79 bits per heavy atom.